The van der Waals surface area contributed by atoms with Crippen molar-refractivity contribution in [2.24, 2.45) is 0 Å². The molecular weight excluding hydrogens is 344 g/mol. The highest BCUT2D eigenvalue weighted by molar-refractivity contribution is 6.89. The minimum Gasteiger partial charge on any atom is -0.0656 e. The maximum absolute atomic E-state index is 2.43. The quantitative estimate of drug-likeness (QED) is 0.361. The fourth-order valence-electron chi connectivity index (χ4n) is 3.56. The van der Waals surface area contributed by atoms with E-state index in [-0.39, 0.29) is 0 Å². The number of unbranched alkanes of at least 4 members (excludes halogenated alkanes) is 2. The SMILES string of the molecule is CCCCCC(c1ccc([Si](C)(C)C)cc1)c1ccc([Si](C)(C)C)cc1. The van der Waals surface area contributed by atoms with Crippen LogP contribution in [0.5, 0.6) is 0 Å². The highest BCUT2D eigenvalue weighted by atomic mass is 28.3. The summed E-state index contributed by atoms with van der Waals surface area (Å²) in [5.74, 6) is 0.535. The van der Waals surface area contributed by atoms with Crippen molar-refractivity contribution < 1.29 is 0 Å². The second-order valence-corrected chi connectivity index (χ2v) is 19.9. The predicted molar refractivity (Wildman–Crippen MR) is 125 cm³/mol. The molecule has 0 aliphatic carbocycles. The fraction of sp³-hybridized carbons (Fsp3) is 0.500. The van der Waals surface area contributed by atoms with E-state index in [0.29, 0.717) is 5.92 Å². The molecule has 2 aromatic rings. The van der Waals surface area contributed by atoms with Gasteiger partial charge in [-0.25, -0.2) is 0 Å². The Labute approximate surface area is 164 Å². The lowest BCUT2D eigenvalue weighted by Crippen LogP contribution is -2.37. The summed E-state index contributed by atoms with van der Waals surface area (Å²) < 4.78 is 0. The molecule has 0 fully saturated rings. The minimum absolute atomic E-state index is 0.535. The normalized spacial score (nSPS) is 12.6. The molecule has 2 heteroatoms. The zero-order valence-electron chi connectivity index (χ0n) is 18.0. The molecule has 0 saturated carbocycles. The van der Waals surface area contributed by atoms with E-state index in [1.807, 2.05) is 0 Å². The lowest BCUT2D eigenvalue weighted by molar-refractivity contribution is 0.619. The van der Waals surface area contributed by atoms with Crippen molar-refractivity contribution in [2.45, 2.75) is 77.8 Å². The van der Waals surface area contributed by atoms with Crippen LogP contribution in [-0.2, 0) is 0 Å². The zero-order valence-corrected chi connectivity index (χ0v) is 20.0. The van der Waals surface area contributed by atoms with E-state index in [2.05, 4.69) is 94.7 Å². The Bertz CT molecular complexity index is 613. The van der Waals surface area contributed by atoms with Gasteiger partial charge in [-0.3, -0.25) is 0 Å². The first-order valence-corrected chi connectivity index (χ1v) is 17.3. The average molecular weight is 383 g/mol. The molecular formula is C24H38Si2. The van der Waals surface area contributed by atoms with Gasteiger partial charge in [0.25, 0.3) is 0 Å². The molecule has 0 amide bonds. The Morgan fingerprint density at radius 3 is 1.31 bits per heavy atom. The summed E-state index contributed by atoms with van der Waals surface area (Å²) in [6, 6.07) is 19.2. The molecule has 0 spiro atoms. The number of hydrogen-bond donors (Lipinski definition) is 0. The lowest BCUT2D eigenvalue weighted by atomic mass is 9.87. The van der Waals surface area contributed by atoms with Gasteiger partial charge in [0, 0.05) is 5.92 Å². The van der Waals surface area contributed by atoms with Crippen molar-refractivity contribution in [3.63, 3.8) is 0 Å². The van der Waals surface area contributed by atoms with Gasteiger partial charge in [-0.15, -0.1) is 0 Å². The van der Waals surface area contributed by atoms with Gasteiger partial charge in [-0.2, -0.15) is 0 Å². The minimum atomic E-state index is -1.23. The monoisotopic (exact) mass is 382 g/mol. The van der Waals surface area contributed by atoms with Gasteiger partial charge in [0.1, 0.15) is 0 Å². The number of rotatable bonds is 8. The third-order valence-electron chi connectivity index (χ3n) is 5.45. The van der Waals surface area contributed by atoms with E-state index in [1.165, 1.54) is 36.8 Å². The second kappa shape index (κ2) is 8.71. The topological polar surface area (TPSA) is 0 Å². The third kappa shape index (κ3) is 5.69. The predicted octanol–water partition coefficient (Wildman–Crippen LogP) is 6.49. The summed E-state index contributed by atoms with van der Waals surface area (Å²) in [5.41, 5.74) is 2.98. The van der Waals surface area contributed by atoms with E-state index < -0.39 is 16.1 Å². The molecule has 0 aliphatic rings. The molecule has 2 rings (SSSR count). The van der Waals surface area contributed by atoms with Crippen molar-refractivity contribution in [2.75, 3.05) is 0 Å². The maximum atomic E-state index is 2.43. The summed E-state index contributed by atoms with van der Waals surface area (Å²) in [6.07, 6.45) is 5.19. The van der Waals surface area contributed by atoms with Gasteiger partial charge in [0.15, 0.2) is 0 Å². The molecule has 26 heavy (non-hydrogen) atoms. The number of hydrogen-bond acceptors (Lipinski definition) is 0. The van der Waals surface area contributed by atoms with Crippen LogP contribution >= 0.6 is 0 Å². The van der Waals surface area contributed by atoms with Gasteiger partial charge in [-0.05, 0) is 17.5 Å². The van der Waals surface area contributed by atoms with E-state index in [9.17, 15) is 0 Å². The highest BCUT2D eigenvalue weighted by Gasteiger charge is 2.20. The molecule has 2 aromatic carbocycles. The molecule has 0 radical (unpaired) electrons. The first kappa shape index (κ1) is 21.2. The molecule has 0 atom stereocenters. The van der Waals surface area contributed by atoms with Crippen LogP contribution in [0.15, 0.2) is 48.5 Å². The van der Waals surface area contributed by atoms with E-state index in [0.717, 1.165) is 0 Å². The average Bonchev–Trinajstić information content (AvgIpc) is 2.58. The van der Waals surface area contributed by atoms with Crippen LogP contribution in [0, 0.1) is 0 Å². The second-order valence-electron chi connectivity index (χ2n) is 9.79. The van der Waals surface area contributed by atoms with Gasteiger partial charge in [0.2, 0.25) is 0 Å². The van der Waals surface area contributed by atoms with E-state index in [4.69, 9.17) is 0 Å². The van der Waals surface area contributed by atoms with Gasteiger partial charge < -0.3 is 0 Å². The summed E-state index contributed by atoms with van der Waals surface area (Å²) in [4.78, 5) is 0. The Kier molecular flexibility index (Phi) is 7.09. The Morgan fingerprint density at radius 2 is 1.00 bits per heavy atom. The van der Waals surface area contributed by atoms with Crippen LogP contribution in [0.4, 0.5) is 0 Å². The maximum Gasteiger partial charge on any atom is 0.0775 e. The van der Waals surface area contributed by atoms with E-state index >= 15 is 0 Å². The fourth-order valence-corrected chi connectivity index (χ4v) is 5.89. The Morgan fingerprint density at radius 1 is 0.615 bits per heavy atom. The van der Waals surface area contributed by atoms with Gasteiger partial charge in [0.05, 0.1) is 16.1 Å². The third-order valence-corrected chi connectivity index (χ3v) is 9.59. The van der Waals surface area contributed by atoms with Gasteiger partial charge >= 0.3 is 0 Å². The number of benzene rings is 2. The van der Waals surface area contributed by atoms with Crippen LogP contribution in [0.2, 0.25) is 39.3 Å². The molecule has 0 aliphatic heterocycles. The lowest BCUT2D eigenvalue weighted by Gasteiger charge is -2.22. The van der Waals surface area contributed by atoms with Crippen LogP contribution in [-0.4, -0.2) is 16.1 Å². The van der Waals surface area contributed by atoms with Gasteiger partial charge in [-0.1, -0.05) is 124 Å². The van der Waals surface area contributed by atoms with Crippen LogP contribution in [0.1, 0.15) is 49.7 Å². The van der Waals surface area contributed by atoms with Crippen LogP contribution in [0.3, 0.4) is 0 Å². The Balaban J connectivity index is 2.31. The van der Waals surface area contributed by atoms with Crippen molar-refractivity contribution in [3.05, 3.63) is 59.7 Å². The van der Waals surface area contributed by atoms with E-state index in [1.54, 1.807) is 10.4 Å². The molecule has 0 bridgehead atoms. The molecule has 0 aromatic heterocycles. The summed E-state index contributed by atoms with van der Waals surface area (Å²) in [7, 11) is -2.45. The largest absolute Gasteiger partial charge is 0.0775 e. The molecule has 0 unspecified atom stereocenters. The zero-order chi connectivity index (χ0) is 19.4. The summed E-state index contributed by atoms with van der Waals surface area (Å²) >= 11 is 0. The standard InChI is InChI=1S/C24H38Si2/c1-8-9-10-11-24(20-12-16-22(17-13-20)25(2,3)4)21-14-18-23(19-15-21)26(5,6)7/h12-19,24H,8-11H2,1-7H3. The molecule has 0 nitrogen and oxygen atoms in total. The van der Waals surface area contributed by atoms with Crippen molar-refractivity contribution in [1.82, 2.24) is 0 Å². The first-order chi connectivity index (χ1) is 12.1. The molecule has 142 valence electrons. The van der Waals surface area contributed by atoms with Crippen molar-refractivity contribution >= 4 is 26.5 Å². The van der Waals surface area contributed by atoms with Crippen molar-refractivity contribution in [1.29, 1.82) is 0 Å². The van der Waals surface area contributed by atoms with Crippen molar-refractivity contribution in [3.8, 4) is 0 Å². The summed E-state index contributed by atoms with van der Waals surface area (Å²) in [5, 5.41) is 3.12. The molecule has 0 saturated heterocycles. The van der Waals surface area contributed by atoms with Crippen LogP contribution < -0.4 is 10.4 Å². The molecule has 0 N–H and O–H groups in total. The first-order valence-electron chi connectivity index (χ1n) is 10.3. The highest BCUT2D eigenvalue weighted by Crippen LogP contribution is 2.30. The molecule has 0 heterocycles. The van der Waals surface area contributed by atoms with Crippen LogP contribution in [0.25, 0.3) is 0 Å². The summed E-state index contributed by atoms with van der Waals surface area (Å²) in [6.45, 7) is 16.9. The smallest absolute Gasteiger partial charge is 0.0656 e. The Hall–Kier alpha value is -1.13.